The summed E-state index contributed by atoms with van der Waals surface area (Å²) in [7, 11) is 0. The molecule has 0 radical (unpaired) electrons. The lowest BCUT2D eigenvalue weighted by molar-refractivity contribution is 0.0648. The largest absolute Gasteiger partial charge is 0.347 e. The van der Waals surface area contributed by atoms with Gasteiger partial charge in [-0.3, -0.25) is 14.6 Å². The Morgan fingerprint density at radius 3 is 2.77 bits per heavy atom. The SMILES string of the molecule is Cc1ccc(C(=O)N2CC3CC(NC(=O)c4cccnc4)C2C3)cc1F. The van der Waals surface area contributed by atoms with E-state index in [1.807, 2.05) is 0 Å². The van der Waals surface area contributed by atoms with Crippen LogP contribution in [0, 0.1) is 18.7 Å². The molecule has 5 nitrogen and oxygen atoms in total. The van der Waals surface area contributed by atoms with E-state index in [1.54, 1.807) is 42.3 Å². The highest BCUT2D eigenvalue weighted by atomic mass is 19.1. The number of amides is 2. The normalized spacial score (nSPS) is 23.9. The molecule has 1 aliphatic carbocycles. The van der Waals surface area contributed by atoms with Crippen molar-refractivity contribution in [2.45, 2.75) is 31.8 Å². The van der Waals surface area contributed by atoms with Crippen LogP contribution in [0.2, 0.25) is 0 Å². The number of hydrogen-bond donors (Lipinski definition) is 1. The maximum absolute atomic E-state index is 13.8. The van der Waals surface area contributed by atoms with Gasteiger partial charge in [0.25, 0.3) is 11.8 Å². The minimum absolute atomic E-state index is 0.0440. The van der Waals surface area contributed by atoms with E-state index in [-0.39, 0.29) is 29.7 Å². The van der Waals surface area contributed by atoms with Crippen LogP contribution in [-0.4, -0.2) is 40.3 Å². The van der Waals surface area contributed by atoms with E-state index in [9.17, 15) is 14.0 Å². The van der Waals surface area contributed by atoms with Gasteiger partial charge in [-0.15, -0.1) is 0 Å². The second-order valence-corrected chi connectivity index (χ2v) is 7.15. The summed E-state index contributed by atoms with van der Waals surface area (Å²) in [6, 6.07) is 7.89. The predicted octanol–water partition coefficient (Wildman–Crippen LogP) is 2.56. The van der Waals surface area contributed by atoms with Gasteiger partial charge in [-0.1, -0.05) is 6.07 Å². The Balaban J connectivity index is 1.49. The van der Waals surface area contributed by atoms with Gasteiger partial charge in [-0.05, 0) is 55.5 Å². The lowest BCUT2D eigenvalue weighted by Gasteiger charge is -2.33. The van der Waals surface area contributed by atoms with Crippen LogP contribution in [0.4, 0.5) is 4.39 Å². The van der Waals surface area contributed by atoms with Crippen LogP contribution in [0.15, 0.2) is 42.7 Å². The molecule has 0 spiro atoms. The number of fused-ring (bicyclic) bond motifs is 2. The number of carbonyl (C=O) groups is 2. The molecule has 2 aliphatic rings. The Labute approximate surface area is 151 Å². The molecule has 1 N–H and O–H groups in total. The molecule has 26 heavy (non-hydrogen) atoms. The Kier molecular flexibility index (Phi) is 4.18. The Bertz CT molecular complexity index is 855. The summed E-state index contributed by atoms with van der Waals surface area (Å²) in [5.74, 6) is -0.346. The average Bonchev–Trinajstić information content (AvgIpc) is 3.24. The number of piperidine rings is 1. The van der Waals surface area contributed by atoms with E-state index in [0.29, 0.717) is 29.2 Å². The Morgan fingerprint density at radius 2 is 2.08 bits per heavy atom. The van der Waals surface area contributed by atoms with Crippen LogP contribution in [0.3, 0.4) is 0 Å². The topological polar surface area (TPSA) is 62.3 Å². The van der Waals surface area contributed by atoms with Crippen LogP contribution in [0.1, 0.15) is 39.1 Å². The number of aromatic nitrogens is 1. The minimum Gasteiger partial charge on any atom is -0.347 e. The van der Waals surface area contributed by atoms with E-state index in [1.165, 1.54) is 12.3 Å². The molecule has 2 fully saturated rings. The Morgan fingerprint density at radius 1 is 1.23 bits per heavy atom. The summed E-state index contributed by atoms with van der Waals surface area (Å²) >= 11 is 0. The highest BCUT2D eigenvalue weighted by Crippen LogP contribution is 2.38. The van der Waals surface area contributed by atoms with E-state index in [4.69, 9.17) is 0 Å². The molecule has 1 aromatic carbocycles. The fraction of sp³-hybridized carbons (Fsp3) is 0.350. The predicted molar refractivity (Wildman–Crippen MR) is 94.2 cm³/mol. The molecular formula is C20H20FN3O2. The van der Waals surface area contributed by atoms with Gasteiger partial charge in [0, 0.05) is 30.5 Å². The first-order valence-electron chi connectivity index (χ1n) is 8.81. The van der Waals surface area contributed by atoms with Gasteiger partial charge in [-0.2, -0.15) is 0 Å². The summed E-state index contributed by atoms with van der Waals surface area (Å²) in [6.45, 7) is 2.34. The van der Waals surface area contributed by atoms with Crippen LogP contribution in [0.5, 0.6) is 0 Å². The van der Waals surface area contributed by atoms with Gasteiger partial charge in [-0.25, -0.2) is 4.39 Å². The van der Waals surface area contributed by atoms with Crippen molar-refractivity contribution in [3.05, 3.63) is 65.2 Å². The summed E-state index contributed by atoms with van der Waals surface area (Å²) in [5, 5.41) is 3.04. The number of nitrogens with one attached hydrogen (secondary N) is 1. The van der Waals surface area contributed by atoms with E-state index >= 15 is 0 Å². The monoisotopic (exact) mass is 353 g/mol. The maximum atomic E-state index is 13.8. The molecule has 6 heteroatoms. The van der Waals surface area contributed by atoms with Gasteiger partial charge >= 0.3 is 0 Å². The fourth-order valence-corrected chi connectivity index (χ4v) is 4.05. The molecule has 134 valence electrons. The van der Waals surface area contributed by atoms with E-state index in [0.717, 1.165) is 12.8 Å². The van der Waals surface area contributed by atoms with Crippen molar-refractivity contribution in [1.82, 2.24) is 15.2 Å². The Hall–Kier alpha value is -2.76. The van der Waals surface area contributed by atoms with Crippen molar-refractivity contribution in [1.29, 1.82) is 0 Å². The molecule has 2 aromatic rings. The van der Waals surface area contributed by atoms with Crippen molar-refractivity contribution < 1.29 is 14.0 Å². The van der Waals surface area contributed by atoms with Crippen molar-refractivity contribution in [2.24, 2.45) is 5.92 Å². The number of nitrogens with zero attached hydrogens (tertiary/aromatic N) is 2. The maximum Gasteiger partial charge on any atom is 0.254 e. The highest BCUT2D eigenvalue weighted by molar-refractivity contribution is 5.96. The second-order valence-electron chi connectivity index (χ2n) is 7.15. The highest BCUT2D eigenvalue weighted by Gasteiger charge is 2.47. The lowest BCUT2D eigenvalue weighted by atomic mass is 10.0. The molecule has 2 heterocycles. The molecular weight excluding hydrogens is 333 g/mol. The number of rotatable bonds is 3. The van der Waals surface area contributed by atoms with Gasteiger partial charge < -0.3 is 10.2 Å². The van der Waals surface area contributed by atoms with Crippen LogP contribution < -0.4 is 5.32 Å². The van der Waals surface area contributed by atoms with Crippen molar-refractivity contribution in [3.63, 3.8) is 0 Å². The number of halogens is 1. The van der Waals surface area contributed by atoms with Crippen molar-refractivity contribution in [2.75, 3.05) is 6.54 Å². The van der Waals surface area contributed by atoms with Crippen molar-refractivity contribution in [3.8, 4) is 0 Å². The zero-order chi connectivity index (χ0) is 18.3. The third kappa shape index (κ3) is 2.96. The summed E-state index contributed by atoms with van der Waals surface area (Å²) in [4.78, 5) is 31.0. The minimum atomic E-state index is -0.373. The first-order valence-corrected chi connectivity index (χ1v) is 8.81. The zero-order valence-corrected chi connectivity index (χ0v) is 14.5. The molecule has 1 aromatic heterocycles. The molecule has 1 aliphatic heterocycles. The number of hydrogen-bond acceptors (Lipinski definition) is 3. The number of carbonyl (C=O) groups excluding carboxylic acids is 2. The van der Waals surface area contributed by atoms with Gasteiger partial charge in [0.2, 0.25) is 0 Å². The number of aryl methyl sites for hydroxylation is 1. The second kappa shape index (κ2) is 6.52. The van der Waals surface area contributed by atoms with Gasteiger partial charge in [0.1, 0.15) is 5.82 Å². The fourth-order valence-electron chi connectivity index (χ4n) is 4.05. The summed E-state index contributed by atoms with van der Waals surface area (Å²) in [5.41, 5.74) is 1.39. The molecule has 1 saturated heterocycles. The average molecular weight is 353 g/mol. The standard InChI is InChI=1S/C20H20FN3O2/c1-12-4-5-14(9-16(12)21)20(26)24-11-13-7-17(18(24)8-13)23-19(25)15-3-2-6-22-10-15/h2-6,9-10,13,17-18H,7-8,11H2,1H3,(H,23,25). The third-order valence-electron chi connectivity index (χ3n) is 5.40. The van der Waals surface area contributed by atoms with Crippen LogP contribution >= 0.6 is 0 Å². The molecule has 4 rings (SSSR count). The molecule has 2 amide bonds. The first kappa shape index (κ1) is 16.7. The van der Waals surface area contributed by atoms with Gasteiger partial charge in [0.05, 0.1) is 11.6 Å². The van der Waals surface area contributed by atoms with E-state index < -0.39 is 0 Å². The zero-order valence-electron chi connectivity index (χ0n) is 14.5. The third-order valence-corrected chi connectivity index (χ3v) is 5.40. The molecule has 1 saturated carbocycles. The number of benzene rings is 1. The quantitative estimate of drug-likeness (QED) is 0.922. The van der Waals surface area contributed by atoms with Crippen LogP contribution in [0.25, 0.3) is 0 Å². The number of likely N-dealkylation sites (tertiary alicyclic amines) is 1. The first-order chi connectivity index (χ1) is 12.5. The molecule has 3 unspecified atom stereocenters. The lowest BCUT2D eigenvalue weighted by Crippen LogP contribution is -2.52. The smallest absolute Gasteiger partial charge is 0.254 e. The van der Waals surface area contributed by atoms with Crippen molar-refractivity contribution >= 4 is 11.8 Å². The summed E-state index contributed by atoms with van der Waals surface area (Å²) in [6.07, 6.45) is 4.89. The van der Waals surface area contributed by atoms with Crippen LogP contribution in [-0.2, 0) is 0 Å². The number of pyridine rings is 1. The summed E-state index contributed by atoms with van der Waals surface area (Å²) < 4.78 is 13.8. The molecule has 3 atom stereocenters. The molecule has 2 bridgehead atoms. The van der Waals surface area contributed by atoms with Gasteiger partial charge in [0.15, 0.2) is 0 Å². The van der Waals surface area contributed by atoms with E-state index in [2.05, 4.69) is 10.3 Å².